The molecular formula is C28H30F3N5O3. The number of alkyl halides is 3. The molecule has 0 saturated carbocycles. The van der Waals surface area contributed by atoms with Gasteiger partial charge in [0.2, 0.25) is 0 Å². The summed E-state index contributed by atoms with van der Waals surface area (Å²) in [5.74, 6) is -0.833. The number of amides is 2. The number of aryl methyl sites for hydroxylation is 1. The number of fused-ring (bicyclic) bond motifs is 1. The number of halogens is 3. The van der Waals surface area contributed by atoms with Crippen molar-refractivity contribution < 1.29 is 27.5 Å². The van der Waals surface area contributed by atoms with E-state index in [-0.39, 0.29) is 11.5 Å². The van der Waals surface area contributed by atoms with E-state index >= 15 is 0 Å². The lowest BCUT2D eigenvalue weighted by molar-refractivity contribution is -0.137. The predicted octanol–water partition coefficient (Wildman–Crippen LogP) is 5.04. The number of carbonyl (C=O) groups excluding carboxylic acids is 2. The molecule has 0 bridgehead atoms. The minimum atomic E-state index is -4.56. The summed E-state index contributed by atoms with van der Waals surface area (Å²) < 4.78 is 44.8. The van der Waals surface area contributed by atoms with E-state index in [9.17, 15) is 22.8 Å². The van der Waals surface area contributed by atoms with Crippen LogP contribution in [0.25, 0.3) is 11.1 Å². The van der Waals surface area contributed by atoms with Gasteiger partial charge in [-0.25, -0.2) is 4.98 Å². The average molecular weight is 542 g/mol. The van der Waals surface area contributed by atoms with Gasteiger partial charge in [0.05, 0.1) is 29.7 Å². The Hall–Kier alpha value is -3.99. The zero-order valence-electron chi connectivity index (χ0n) is 22.0. The number of anilines is 2. The van der Waals surface area contributed by atoms with Crippen molar-refractivity contribution >= 4 is 23.2 Å². The molecule has 2 aromatic heterocycles. The van der Waals surface area contributed by atoms with E-state index in [1.807, 2.05) is 19.9 Å². The van der Waals surface area contributed by atoms with Crippen molar-refractivity contribution in [2.45, 2.75) is 26.9 Å². The van der Waals surface area contributed by atoms with Gasteiger partial charge in [-0.1, -0.05) is 6.07 Å². The van der Waals surface area contributed by atoms with Crippen LogP contribution in [-0.2, 0) is 10.9 Å². The van der Waals surface area contributed by atoms with Gasteiger partial charge in [-0.15, -0.1) is 0 Å². The Morgan fingerprint density at radius 2 is 1.85 bits per heavy atom. The van der Waals surface area contributed by atoms with Gasteiger partial charge in [0.15, 0.2) is 5.69 Å². The zero-order chi connectivity index (χ0) is 28.2. The van der Waals surface area contributed by atoms with E-state index in [2.05, 4.69) is 20.2 Å². The number of aromatic nitrogens is 2. The van der Waals surface area contributed by atoms with Crippen molar-refractivity contribution in [2.75, 3.05) is 49.6 Å². The maximum absolute atomic E-state index is 13.1. The van der Waals surface area contributed by atoms with Gasteiger partial charge in [-0.05, 0) is 51.1 Å². The first-order chi connectivity index (χ1) is 18.6. The van der Waals surface area contributed by atoms with Gasteiger partial charge in [0.1, 0.15) is 0 Å². The Morgan fingerprint density at radius 3 is 2.56 bits per heavy atom. The number of hydrogen-bond acceptors (Lipinski definition) is 6. The van der Waals surface area contributed by atoms with Crippen molar-refractivity contribution in [3.8, 4) is 11.1 Å². The molecular weight excluding hydrogens is 511 g/mol. The highest BCUT2D eigenvalue weighted by Gasteiger charge is 2.31. The van der Waals surface area contributed by atoms with Crippen LogP contribution >= 0.6 is 0 Å². The number of rotatable bonds is 8. The average Bonchev–Trinajstić information content (AvgIpc) is 3.05. The summed E-state index contributed by atoms with van der Waals surface area (Å²) >= 11 is 0. The molecule has 1 aliphatic rings. The van der Waals surface area contributed by atoms with Crippen LogP contribution in [0.3, 0.4) is 0 Å². The molecule has 206 valence electrons. The van der Waals surface area contributed by atoms with Crippen LogP contribution in [0.4, 0.5) is 24.5 Å². The first kappa shape index (κ1) is 28.0. The third-order valence-electron chi connectivity index (χ3n) is 6.54. The molecule has 1 aliphatic heterocycles. The fraction of sp³-hybridized carbons (Fsp3) is 0.357. The van der Waals surface area contributed by atoms with Gasteiger partial charge in [-0.2, -0.15) is 13.2 Å². The number of nitrogens with zero attached hydrogens (tertiary/aromatic N) is 4. The third kappa shape index (κ3) is 6.36. The predicted molar refractivity (Wildman–Crippen MR) is 142 cm³/mol. The van der Waals surface area contributed by atoms with Crippen molar-refractivity contribution in [3.05, 3.63) is 71.3 Å². The highest BCUT2D eigenvalue weighted by atomic mass is 19.4. The van der Waals surface area contributed by atoms with E-state index < -0.39 is 17.6 Å². The molecule has 0 radical (unpaired) electrons. The monoisotopic (exact) mass is 541 g/mol. The van der Waals surface area contributed by atoms with Gasteiger partial charge < -0.3 is 19.9 Å². The van der Waals surface area contributed by atoms with Crippen molar-refractivity contribution in [2.24, 2.45) is 0 Å². The molecule has 0 unspecified atom stereocenters. The number of hydrogen-bond donors (Lipinski definition) is 1. The Labute approximate surface area is 224 Å². The molecule has 39 heavy (non-hydrogen) atoms. The molecule has 3 heterocycles. The summed E-state index contributed by atoms with van der Waals surface area (Å²) in [6, 6.07) is 7.80. The topological polar surface area (TPSA) is 87.7 Å². The summed E-state index contributed by atoms with van der Waals surface area (Å²) in [7, 11) is 0. The Bertz CT molecular complexity index is 1360. The lowest BCUT2D eigenvalue weighted by Gasteiger charge is -2.24. The van der Waals surface area contributed by atoms with Gasteiger partial charge in [-0.3, -0.25) is 14.6 Å². The number of benzene rings is 1. The fourth-order valence-corrected chi connectivity index (χ4v) is 4.41. The highest BCUT2D eigenvalue weighted by Crippen LogP contribution is 2.32. The van der Waals surface area contributed by atoms with Crippen molar-refractivity contribution in [3.63, 3.8) is 0 Å². The molecule has 11 heteroatoms. The SMILES string of the molecule is CCOCCN1CCN(CC)C(=O)c2ncc(-c3cc(NC(=O)c4cccc(C(F)(F)F)c4)cnc3C)cc21. The van der Waals surface area contributed by atoms with Crippen LogP contribution < -0.4 is 10.2 Å². The fourth-order valence-electron chi connectivity index (χ4n) is 4.41. The van der Waals surface area contributed by atoms with Crippen LogP contribution in [0, 0.1) is 6.92 Å². The zero-order valence-corrected chi connectivity index (χ0v) is 22.0. The molecule has 0 aliphatic carbocycles. The first-order valence-electron chi connectivity index (χ1n) is 12.7. The molecule has 0 spiro atoms. The summed E-state index contributed by atoms with van der Waals surface area (Å²) in [6.07, 6.45) is -1.52. The Kier molecular flexibility index (Phi) is 8.49. The van der Waals surface area contributed by atoms with E-state index in [1.165, 1.54) is 18.3 Å². The summed E-state index contributed by atoms with van der Waals surface area (Å²) in [5, 5.41) is 2.63. The van der Waals surface area contributed by atoms with E-state index in [0.29, 0.717) is 73.3 Å². The molecule has 2 amide bonds. The molecule has 1 aromatic carbocycles. The number of ether oxygens (including phenoxy) is 1. The van der Waals surface area contributed by atoms with Crippen LogP contribution in [0.2, 0.25) is 0 Å². The Balaban J connectivity index is 1.66. The molecule has 3 aromatic rings. The summed E-state index contributed by atoms with van der Waals surface area (Å²) in [4.78, 5) is 38.6. The van der Waals surface area contributed by atoms with Crippen LogP contribution in [-0.4, -0.2) is 66.1 Å². The normalized spacial score (nSPS) is 13.7. The van der Waals surface area contributed by atoms with E-state index in [0.717, 1.165) is 12.1 Å². The summed E-state index contributed by atoms with van der Waals surface area (Å²) in [5.41, 5.74) is 2.34. The second-order valence-electron chi connectivity index (χ2n) is 9.05. The maximum atomic E-state index is 13.1. The minimum Gasteiger partial charge on any atom is -0.380 e. The second-order valence-corrected chi connectivity index (χ2v) is 9.05. The molecule has 8 nitrogen and oxygen atoms in total. The van der Waals surface area contributed by atoms with Crippen molar-refractivity contribution in [1.82, 2.24) is 14.9 Å². The first-order valence-corrected chi connectivity index (χ1v) is 12.7. The minimum absolute atomic E-state index is 0.123. The quantitative estimate of drug-likeness (QED) is 0.402. The van der Waals surface area contributed by atoms with Crippen LogP contribution in [0.15, 0.2) is 48.8 Å². The number of carbonyl (C=O) groups is 2. The molecule has 0 atom stereocenters. The highest BCUT2D eigenvalue weighted by molar-refractivity contribution is 6.04. The van der Waals surface area contributed by atoms with Gasteiger partial charge in [0, 0.05) is 61.4 Å². The summed E-state index contributed by atoms with van der Waals surface area (Å²) in [6.45, 7) is 9.07. The Morgan fingerprint density at radius 1 is 1.08 bits per heavy atom. The van der Waals surface area contributed by atoms with E-state index in [1.54, 1.807) is 24.1 Å². The molecule has 0 saturated heterocycles. The largest absolute Gasteiger partial charge is 0.416 e. The lowest BCUT2D eigenvalue weighted by atomic mass is 10.0. The number of likely N-dealkylation sites (N-methyl/N-ethyl adjacent to an activating group) is 1. The smallest absolute Gasteiger partial charge is 0.380 e. The van der Waals surface area contributed by atoms with Crippen LogP contribution in [0.5, 0.6) is 0 Å². The number of nitrogens with one attached hydrogen (secondary N) is 1. The molecule has 1 N–H and O–H groups in total. The maximum Gasteiger partial charge on any atom is 0.416 e. The lowest BCUT2D eigenvalue weighted by Crippen LogP contribution is -2.35. The van der Waals surface area contributed by atoms with Gasteiger partial charge >= 0.3 is 6.18 Å². The standard InChI is InChI=1S/C28H30F3N5O3/c1-4-35-9-10-36(11-12-39-5-2)24-14-20(16-33-25(24)27(35)38)23-15-22(17-32-18(23)3)34-26(37)19-7-6-8-21(13-19)28(29,30)31/h6-8,13-17H,4-5,9-12H2,1-3H3,(H,34,37). The van der Waals surface area contributed by atoms with Gasteiger partial charge in [0.25, 0.3) is 11.8 Å². The third-order valence-corrected chi connectivity index (χ3v) is 6.54. The molecule has 0 fully saturated rings. The number of pyridine rings is 2. The van der Waals surface area contributed by atoms with Crippen molar-refractivity contribution in [1.29, 1.82) is 0 Å². The van der Waals surface area contributed by atoms with Crippen LogP contribution in [0.1, 0.15) is 46.0 Å². The second kappa shape index (κ2) is 11.8. The molecule has 4 rings (SSSR count). The van der Waals surface area contributed by atoms with E-state index in [4.69, 9.17) is 4.74 Å².